The molecule has 4 atom stereocenters. The molecule has 9 nitrogen and oxygen atoms in total. The van der Waals surface area contributed by atoms with Crippen LogP contribution in [0.15, 0.2) is 79.0 Å². The molecule has 1 aromatic heterocycles. The SMILES string of the molecule is O=C(Nc1ccc(C2OC(CN3CCCC3CO)CC(c3ccc(CO)cc3)O2)cc1)c1cnc2ccccc2n1. The maximum absolute atomic E-state index is 12.8. The minimum absolute atomic E-state index is 0.00595. The Kier molecular flexibility index (Phi) is 8.31. The van der Waals surface area contributed by atoms with E-state index in [-0.39, 0.29) is 43.1 Å². The molecule has 2 aliphatic rings. The highest BCUT2D eigenvalue weighted by Crippen LogP contribution is 2.39. The number of benzene rings is 3. The van der Waals surface area contributed by atoms with Gasteiger partial charge in [0.1, 0.15) is 5.69 Å². The van der Waals surface area contributed by atoms with Gasteiger partial charge < -0.3 is 25.0 Å². The number of ether oxygens (including phenoxy) is 2. The van der Waals surface area contributed by atoms with Crippen molar-refractivity contribution in [2.75, 3.05) is 25.0 Å². The molecule has 6 rings (SSSR count). The van der Waals surface area contributed by atoms with Gasteiger partial charge in [-0.3, -0.25) is 14.7 Å². The molecule has 4 aromatic rings. The molecule has 41 heavy (non-hydrogen) atoms. The Labute approximate surface area is 238 Å². The van der Waals surface area contributed by atoms with Crippen molar-refractivity contribution in [3.8, 4) is 0 Å². The summed E-state index contributed by atoms with van der Waals surface area (Å²) in [7, 11) is 0. The maximum atomic E-state index is 12.8. The summed E-state index contributed by atoms with van der Waals surface area (Å²) in [5.74, 6) is -0.336. The Hall–Kier alpha value is -3.73. The van der Waals surface area contributed by atoms with Crippen molar-refractivity contribution in [1.29, 1.82) is 0 Å². The molecule has 0 saturated carbocycles. The number of nitrogens with zero attached hydrogens (tertiary/aromatic N) is 3. The zero-order valence-corrected chi connectivity index (χ0v) is 22.7. The first-order chi connectivity index (χ1) is 20.1. The first kappa shape index (κ1) is 27.4. The third-order valence-corrected chi connectivity index (χ3v) is 7.88. The predicted octanol–water partition coefficient (Wildman–Crippen LogP) is 4.38. The maximum Gasteiger partial charge on any atom is 0.275 e. The number of fused-ring (bicyclic) bond motifs is 1. The molecule has 3 N–H and O–H groups in total. The van der Waals surface area contributed by atoms with E-state index in [9.17, 15) is 15.0 Å². The average molecular weight is 555 g/mol. The lowest BCUT2D eigenvalue weighted by molar-refractivity contribution is -0.253. The Morgan fingerprint density at radius 3 is 2.46 bits per heavy atom. The molecule has 0 radical (unpaired) electrons. The molecule has 2 aliphatic heterocycles. The molecule has 0 spiro atoms. The molecule has 0 aliphatic carbocycles. The van der Waals surface area contributed by atoms with E-state index in [0.29, 0.717) is 17.6 Å². The summed E-state index contributed by atoms with van der Waals surface area (Å²) in [5, 5.41) is 22.2. The summed E-state index contributed by atoms with van der Waals surface area (Å²) in [5.41, 5.74) is 4.99. The van der Waals surface area contributed by atoms with Crippen molar-refractivity contribution in [3.05, 3.63) is 101 Å². The molecule has 4 unspecified atom stereocenters. The van der Waals surface area contributed by atoms with Crippen molar-refractivity contribution >= 4 is 22.6 Å². The fraction of sp³-hybridized carbons (Fsp3) is 0.344. The molecule has 3 aromatic carbocycles. The number of aliphatic hydroxyl groups is 2. The smallest absolute Gasteiger partial charge is 0.275 e. The van der Waals surface area contributed by atoms with E-state index in [1.54, 1.807) is 0 Å². The van der Waals surface area contributed by atoms with Crippen LogP contribution in [0.5, 0.6) is 0 Å². The first-order valence-electron chi connectivity index (χ1n) is 14.1. The first-order valence-corrected chi connectivity index (χ1v) is 14.1. The van der Waals surface area contributed by atoms with E-state index in [1.807, 2.05) is 72.8 Å². The van der Waals surface area contributed by atoms with Gasteiger partial charge in [-0.15, -0.1) is 0 Å². The molecule has 2 saturated heterocycles. The fourth-order valence-corrected chi connectivity index (χ4v) is 5.62. The van der Waals surface area contributed by atoms with Crippen molar-refractivity contribution in [2.24, 2.45) is 0 Å². The van der Waals surface area contributed by atoms with Gasteiger partial charge >= 0.3 is 0 Å². The number of likely N-dealkylation sites (tertiary alicyclic amines) is 1. The van der Waals surface area contributed by atoms with E-state index < -0.39 is 6.29 Å². The van der Waals surface area contributed by atoms with E-state index in [1.165, 1.54) is 6.20 Å². The van der Waals surface area contributed by atoms with Crippen molar-refractivity contribution in [1.82, 2.24) is 14.9 Å². The number of para-hydroxylation sites is 2. The van der Waals surface area contributed by atoms with Gasteiger partial charge in [0.15, 0.2) is 6.29 Å². The van der Waals surface area contributed by atoms with Gasteiger partial charge in [-0.05, 0) is 54.8 Å². The van der Waals surface area contributed by atoms with Crippen molar-refractivity contribution in [3.63, 3.8) is 0 Å². The predicted molar refractivity (Wildman–Crippen MR) is 154 cm³/mol. The number of carbonyl (C=O) groups excluding carboxylic acids is 1. The van der Waals surface area contributed by atoms with Crippen LogP contribution in [-0.2, 0) is 16.1 Å². The molecule has 2 fully saturated rings. The molecule has 1 amide bonds. The summed E-state index contributed by atoms with van der Waals surface area (Å²) in [6.45, 7) is 1.81. The number of anilines is 1. The van der Waals surface area contributed by atoms with Gasteiger partial charge in [0, 0.05) is 30.3 Å². The van der Waals surface area contributed by atoms with Gasteiger partial charge in [0.25, 0.3) is 5.91 Å². The lowest BCUT2D eigenvalue weighted by atomic mass is 9.99. The molecule has 0 bridgehead atoms. The van der Waals surface area contributed by atoms with Crippen LogP contribution in [-0.4, -0.2) is 62.8 Å². The topological polar surface area (TPSA) is 117 Å². The summed E-state index contributed by atoms with van der Waals surface area (Å²) in [6, 6.07) is 22.9. The van der Waals surface area contributed by atoms with Crippen molar-refractivity contribution in [2.45, 2.75) is 50.4 Å². The second kappa shape index (κ2) is 12.4. The van der Waals surface area contributed by atoms with Gasteiger partial charge in [-0.1, -0.05) is 48.5 Å². The molecule has 212 valence electrons. The number of hydrogen-bond donors (Lipinski definition) is 3. The normalized spacial score (nSPS) is 23.1. The highest BCUT2D eigenvalue weighted by atomic mass is 16.7. The van der Waals surface area contributed by atoms with E-state index in [2.05, 4.69) is 20.2 Å². The van der Waals surface area contributed by atoms with Crippen LogP contribution >= 0.6 is 0 Å². The van der Waals surface area contributed by atoms with Crippen molar-refractivity contribution < 1.29 is 24.5 Å². The highest BCUT2D eigenvalue weighted by molar-refractivity contribution is 6.03. The lowest BCUT2D eigenvalue weighted by Gasteiger charge is -2.38. The fourth-order valence-electron chi connectivity index (χ4n) is 5.62. The largest absolute Gasteiger partial charge is 0.395 e. The van der Waals surface area contributed by atoms with Crippen LogP contribution in [0.25, 0.3) is 11.0 Å². The average Bonchev–Trinajstić information content (AvgIpc) is 3.48. The lowest BCUT2D eigenvalue weighted by Crippen LogP contribution is -2.42. The third-order valence-electron chi connectivity index (χ3n) is 7.88. The molecule has 3 heterocycles. The Balaban J connectivity index is 1.17. The second-order valence-electron chi connectivity index (χ2n) is 10.6. The molecular weight excluding hydrogens is 520 g/mol. The van der Waals surface area contributed by atoms with Crippen LogP contribution in [0.1, 0.15) is 58.8 Å². The highest BCUT2D eigenvalue weighted by Gasteiger charge is 2.35. The number of rotatable bonds is 8. The van der Waals surface area contributed by atoms with Crippen LogP contribution in [0.2, 0.25) is 0 Å². The van der Waals surface area contributed by atoms with E-state index in [4.69, 9.17) is 9.47 Å². The number of aromatic nitrogens is 2. The number of hydrogen-bond acceptors (Lipinski definition) is 8. The van der Waals surface area contributed by atoms with Crippen LogP contribution in [0.4, 0.5) is 5.69 Å². The number of aliphatic hydroxyl groups excluding tert-OH is 2. The Morgan fingerprint density at radius 2 is 1.71 bits per heavy atom. The Morgan fingerprint density at radius 1 is 0.951 bits per heavy atom. The van der Waals surface area contributed by atoms with E-state index >= 15 is 0 Å². The zero-order valence-electron chi connectivity index (χ0n) is 22.7. The summed E-state index contributed by atoms with van der Waals surface area (Å²) in [6.07, 6.45) is 3.36. The van der Waals surface area contributed by atoms with Gasteiger partial charge in [0.2, 0.25) is 0 Å². The van der Waals surface area contributed by atoms with Gasteiger partial charge in [-0.2, -0.15) is 0 Å². The molecular formula is C32H34N4O5. The number of carbonyl (C=O) groups is 1. The third kappa shape index (κ3) is 6.29. The minimum atomic E-state index is -0.595. The zero-order chi connectivity index (χ0) is 28.2. The number of amides is 1. The van der Waals surface area contributed by atoms with Crippen LogP contribution in [0, 0.1) is 0 Å². The monoisotopic (exact) mass is 554 g/mol. The van der Waals surface area contributed by atoms with Crippen LogP contribution in [0.3, 0.4) is 0 Å². The summed E-state index contributed by atoms with van der Waals surface area (Å²) < 4.78 is 12.9. The standard InChI is InChI=1S/C32H34N4O5/c37-19-21-7-9-22(10-8-21)30-16-26(18-36-15-3-4-25(36)20-38)40-32(41-30)23-11-13-24(14-12-23)34-31(39)29-17-33-27-5-1-2-6-28(27)35-29/h1-2,5-14,17,25-26,30,32,37-38H,3-4,15-16,18-20H2,(H,34,39). The van der Waals surface area contributed by atoms with Gasteiger partial charge in [-0.25, -0.2) is 4.98 Å². The quantitative estimate of drug-likeness (QED) is 0.294. The second-order valence-corrected chi connectivity index (χ2v) is 10.6. The number of nitrogens with one attached hydrogen (secondary N) is 1. The van der Waals surface area contributed by atoms with Gasteiger partial charge in [0.05, 0.1) is 42.7 Å². The minimum Gasteiger partial charge on any atom is -0.395 e. The summed E-state index contributed by atoms with van der Waals surface area (Å²) >= 11 is 0. The Bertz CT molecular complexity index is 1480. The van der Waals surface area contributed by atoms with E-state index in [0.717, 1.165) is 48.1 Å². The molecule has 9 heteroatoms. The summed E-state index contributed by atoms with van der Waals surface area (Å²) in [4.78, 5) is 23.9. The van der Waals surface area contributed by atoms with Crippen LogP contribution < -0.4 is 5.32 Å².